The van der Waals surface area contributed by atoms with Gasteiger partial charge in [0, 0.05) is 6.04 Å². The first kappa shape index (κ1) is 20.4. The maximum absolute atomic E-state index is 12.6. The second-order valence-electron chi connectivity index (χ2n) is 7.18. The number of hydrogen-bond donors (Lipinski definition) is 3. The number of amides is 2. The predicted octanol–water partition coefficient (Wildman–Crippen LogP) is 1.08. The summed E-state index contributed by atoms with van der Waals surface area (Å²) in [6, 6.07) is 5.69. The second kappa shape index (κ2) is 8.64. The van der Waals surface area contributed by atoms with Crippen molar-refractivity contribution in [3.05, 3.63) is 29.8 Å². The molecule has 1 fully saturated rings. The van der Waals surface area contributed by atoms with Crippen LogP contribution in [0.2, 0.25) is 0 Å². The zero-order valence-corrected chi connectivity index (χ0v) is 16.2. The number of rotatable bonds is 9. The minimum atomic E-state index is -3.83. The van der Waals surface area contributed by atoms with Crippen molar-refractivity contribution in [1.29, 1.82) is 0 Å². The van der Waals surface area contributed by atoms with E-state index in [-0.39, 0.29) is 29.3 Å². The lowest BCUT2D eigenvalue weighted by Gasteiger charge is -2.20. The third kappa shape index (κ3) is 6.42. The van der Waals surface area contributed by atoms with Gasteiger partial charge in [0.05, 0.1) is 11.4 Å². The van der Waals surface area contributed by atoms with Crippen LogP contribution in [0, 0.1) is 12.8 Å². The molecule has 0 unspecified atom stereocenters. The molecule has 0 aromatic heterocycles. The van der Waals surface area contributed by atoms with E-state index >= 15 is 0 Å². The molecule has 7 nitrogen and oxygen atoms in total. The zero-order valence-electron chi connectivity index (χ0n) is 15.4. The lowest BCUT2D eigenvalue weighted by atomic mass is 10.0. The Kier molecular flexibility index (Phi) is 6.77. The van der Waals surface area contributed by atoms with Crippen LogP contribution in [0.4, 0.5) is 0 Å². The van der Waals surface area contributed by atoms with Crippen molar-refractivity contribution < 1.29 is 18.0 Å². The minimum Gasteiger partial charge on any atom is -0.352 e. The summed E-state index contributed by atoms with van der Waals surface area (Å²) >= 11 is 0. The number of carbonyl (C=O) groups is 2. The fourth-order valence-electron chi connectivity index (χ4n) is 2.45. The van der Waals surface area contributed by atoms with Gasteiger partial charge in [-0.2, -0.15) is 4.72 Å². The molecule has 1 aromatic rings. The molecule has 2 amide bonds. The molecule has 1 saturated carbocycles. The maximum atomic E-state index is 12.6. The van der Waals surface area contributed by atoms with E-state index in [0.717, 1.165) is 18.4 Å². The lowest BCUT2D eigenvalue weighted by Crippen LogP contribution is -2.49. The first-order valence-corrected chi connectivity index (χ1v) is 10.3. The van der Waals surface area contributed by atoms with Crippen LogP contribution in [0.1, 0.15) is 38.7 Å². The van der Waals surface area contributed by atoms with Gasteiger partial charge in [0.25, 0.3) is 0 Å². The zero-order chi connectivity index (χ0) is 19.3. The summed E-state index contributed by atoms with van der Waals surface area (Å²) in [6.07, 6.45) is 2.26. The molecule has 3 N–H and O–H groups in total. The molecule has 1 aliphatic carbocycles. The van der Waals surface area contributed by atoms with Crippen LogP contribution in [0.15, 0.2) is 29.2 Å². The SMILES string of the molecule is Cc1ccc(S(=O)(=O)N[C@H](CC(C)C)C(=O)NCC(=O)NC2CC2)cc1. The summed E-state index contributed by atoms with van der Waals surface area (Å²) in [5, 5.41) is 5.30. The summed E-state index contributed by atoms with van der Waals surface area (Å²) in [5.41, 5.74) is 0.946. The van der Waals surface area contributed by atoms with Crippen LogP contribution in [0.3, 0.4) is 0 Å². The predicted molar refractivity (Wildman–Crippen MR) is 98.9 cm³/mol. The molecule has 0 saturated heterocycles. The van der Waals surface area contributed by atoms with Crippen LogP contribution in [0.5, 0.6) is 0 Å². The van der Waals surface area contributed by atoms with Crippen LogP contribution in [0.25, 0.3) is 0 Å². The average Bonchev–Trinajstić information content (AvgIpc) is 3.35. The van der Waals surface area contributed by atoms with E-state index < -0.39 is 22.0 Å². The number of aryl methyl sites for hydroxylation is 1. The largest absolute Gasteiger partial charge is 0.352 e. The molecule has 1 aliphatic rings. The molecule has 0 aliphatic heterocycles. The lowest BCUT2D eigenvalue weighted by molar-refractivity contribution is -0.127. The van der Waals surface area contributed by atoms with Crippen molar-refractivity contribution in [2.24, 2.45) is 5.92 Å². The Hall–Kier alpha value is -1.93. The van der Waals surface area contributed by atoms with E-state index in [9.17, 15) is 18.0 Å². The molecule has 2 rings (SSSR count). The van der Waals surface area contributed by atoms with Gasteiger partial charge in [0.15, 0.2) is 0 Å². The fraction of sp³-hybridized carbons (Fsp3) is 0.556. The number of benzene rings is 1. The molecule has 0 bridgehead atoms. The van der Waals surface area contributed by atoms with E-state index in [1.807, 2.05) is 20.8 Å². The van der Waals surface area contributed by atoms with Gasteiger partial charge < -0.3 is 10.6 Å². The van der Waals surface area contributed by atoms with E-state index in [1.165, 1.54) is 12.1 Å². The van der Waals surface area contributed by atoms with Crippen molar-refractivity contribution in [2.75, 3.05) is 6.54 Å². The summed E-state index contributed by atoms with van der Waals surface area (Å²) in [5.74, 6) is -0.655. The first-order valence-electron chi connectivity index (χ1n) is 8.83. The normalized spacial score (nSPS) is 15.5. The standard InChI is InChI=1S/C18H27N3O4S/c1-12(2)10-16(18(23)19-11-17(22)20-14-6-7-14)21-26(24,25)15-8-4-13(3)5-9-15/h4-5,8-9,12,14,16,21H,6-7,10-11H2,1-3H3,(H,19,23)(H,20,22)/t16-/m1/s1. The molecule has 1 atom stereocenters. The van der Waals surface area contributed by atoms with Crippen LogP contribution in [-0.2, 0) is 19.6 Å². The molecule has 144 valence electrons. The quantitative estimate of drug-likeness (QED) is 0.595. The molecule has 26 heavy (non-hydrogen) atoms. The van der Waals surface area contributed by atoms with Gasteiger partial charge in [-0.05, 0) is 44.2 Å². The fourth-order valence-corrected chi connectivity index (χ4v) is 3.66. The highest BCUT2D eigenvalue weighted by molar-refractivity contribution is 7.89. The van der Waals surface area contributed by atoms with Crippen molar-refractivity contribution in [3.63, 3.8) is 0 Å². The Bertz CT molecular complexity index is 740. The van der Waals surface area contributed by atoms with Gasteiger partial charge in [0.1, 0.15) is 6.04 Å². The molecule has 0 heterocycles. The summed E-state index contributed by atoms with van der Waals surface area (Å²) in [6.45, 7) is 5.52. The number of hydrogen-bond acceptors (Lipinski definition) is 4. The number of nitrogens with one attached hydrogen (secondary N) is 3. The molecule has 1 aromatic carbocycles. The Morgan fingerprint density at radius 3 is 2.31 bits per heavy atom. The summed E-state index contributed by atoms with van der Waals surface area (Å²) in [7, 11) is -3.83. The third-order valence-corrected chi connectivity index (χ3v) is 5.51. The smallest absolute Gasteiger partial charge is 0.241 e. The first-order chi connectivity index (χ1) is 12.2. The van der Waals surface area contributed by atoms with Crippen molar-refractivity contribution in [2.45, 2.75) is 57.0 Å². The molecule has 0 radical (unpaired) electrons. The van der Waals surface area contributed by atoms with Gasteiger partial charge in [0.2, 0.25) is 21.8 Å². The average molecular weight is 381 g/mol. The Morgan fingerprint density at radius 1 is 1.15 bits per heavy atom. The highest BCUT2D eigenvalue weighted by Crippen LogP contribution is 2.18. The summed E-state index contributed by atoms with van der Waals surface area (Å²) < 4.78 is 27.6. The number of carbonyl (C=O) groups excluding carboxylic acids is 2. The Morgan fingerprint density at radius 2 is 1.77 bits per heavy atom. The number of sulfonamides is 1. The van der Waals surface area contributed by atoms with E-state index in [4.69, 9.17) is 0 Å². The van der Waals surface area contributed by atoms with Gasteiger partial charge in [-0.1, -0.05) is 31.5 Å². The highest BCUT2D eigenvalue weighted by Gasteiger charge is 2.27. The Labute approximate surface area is 155 Å². The van der Waals surface area contributed by atoms with Gasteiger partial charge in [-0.3, -0.25) is 9.59 Å². The second-order valence-corrected chi connectivity index (χ2v) is 8.89. The molecule has 8 heteroatoms. The topological polar surface area (TPSA) is 104 Å². The van der Waals surface area contributed by atoms with E-state index in [0.29, 0.717) is 6.42 Å². The van der Waals surface area contributed by atoms with Crippen LogP contribution >= 0.6 is 0 Å². The van der Waals surface area contributed by atoms with Crippen molar-refractivity contribution in [1.82, 2.24) is 15.4 Å². The Balaban J connectivity index is 2.01. The maximum Gasteiger partial charge on any atom is 0.241 e. The van der Waals surface area contributed by atoms with Crippen LogP contribution in [-0.4, -0.2) is 38.9 Å². The van der Waals surface area contributed by atoms with Gasteiger partial charge >= 0.3 is 0 Å². The van der Waals surface area contributed by atoms with Crippen LogP contribution < -0.4 is 15.4 Å². The minimum absolute atomic E-state index is 0.103. The molecule has 0 spiro atoms. The van der Waals surface area contributed by atoms with Gasteiger partial charge in [-0.15, -0.1) is 0 Å². The third-order valence-electron chi connectivity index (χ3n) is 4.02. The molecular formula is C18H27N3O4S. The van der Waals surface area contributed by atoms with Gasteiger partial charge in [-0.25, -0.2) is 8.42 Å². The molecular weight excluding hydrogens is 354 g/mol. The van der Waals surface area contributed by atoms with Crippen molar-refractivity contribution >= 4 is 21.8 Å². The van der Waals surface area contributed by atoms with Crippen molar-refractivity contribution in [3.8, 4) is 0 Å². The summed E-state index contributed by atoms with van der Waals surface area (Å²) in [4.78, 5) is 24.3. The van der Waals surface area contributed by atoms with E-state index in [2.05, 4.69) is 15.4 Å². The monoisotopic (exact) mass is 381 g/mol. The highest BCUT2D eigenvalue weighted by atomic mass is 32.2. The van der Waals surface area contributed by atoms with E-state index in [1.54, 1.807) is 12.1 Å².